The predicted octanol–water partition coefficient (Wildman–Crippen LogP) is 3.73. The summed E-state index contributed by atoms with van der Waals surface area (Å²) in [6.07, 6.45) is 0. The summed E-state index contributed by atoms with van der Waals surface area (Å²) in [5, 5.41) is 8.87. The molecule has 0 spiro atoms. The van der Waals surface area contributed by atoms with Crippen molar-refractivity contribution in [2.75, 3.05) is 7.05 Å². The van der Waals surface area contributed by atoms with E-state index in [4.69, 9.17) is 5.26 Å². The summed E-state index contributed by atoms with van der Waals surface area (Å²) in [5.41, 5.74) is 1.66. The number of benzene rings is 2. The third kappa shape index (κ3) is 3.47. The number of nitriles is 1. The maximum atomic E-state index is 13.5. The van der Waals surface area contributed by atoms with Crippen molar-refractivity contribution >= 4 is 21.8 Å². The molecule has 0 saturated carbocycles. The fourth-order valence-electron chi connectivity index (χ4n) is 1.96. The van der Waals surface area contributed by atoms with Gasteiger partial charge in [0.2, 0.25) is 0 Å². The standard InChI is InChI=1S/C16H12BrFN2O/c1-20(10-12-5-2-4-11(8-12)9-19)16(21)13-6-3-7-14(18)15(13)17/h2-8H,10H2,1H3. The summed E-state index contributed by atoms with van der Waals surface area (Å²) in [7, 11) is 1.64. The van der Waals surface area contributed by atoms with Crippen molar-refractivity contribution in [3.05, 3.63) is 69.4 Å². The summed E-state index contributed by atoms with van der Waals surface area (Å²) in [6.45, 7) is 0.345. The van der Waals surface area contributed by atoms with Gasteiger partial charge in [0.05, 0.1) is 21.7 Å². The molecular weight excluding hydrogens is 335 g/mol. The normalized spacial score (nSPS) is 10.0. The van der Waals surface area contributed by atoms with E-state index in [-0.39, 0.29) is 15.9 Å². The van der Waals surface area contributed by atoms with Crippen molar-refractivity contribution in [1.82, 2.24) is 4.90 Å². The van der Waals surface area contributed by atoms with E-state index in [0.29, 0.717) is 12.1 Å². The second kappa shape index (κ2) is 6.51. The number of nitrogens with zero attached hydrogens (tertiary/aromatic N) is 2. The Balaban J connectivity index is 2.20. The second-order valence-corrected chi connectivity index (χ2v) is 5.37. The van der Waals surface area contributed by atoms with Crippen LogP contribution in [0.25, 0.3) is 0 Å². The zero-order chi connectivity index (χ0) is 15.4. The first-order valence-corrected chi connectivity index (χ1v) is 7.00. The molecular formula is C16H12BrFN2O. The molecule has 0 aliphatic carbocycles. The maximum absolute atomic E-state index is 13.5. The lowest BCUT2D eigenvalue weighted by Gasteiger charge is -2.18. The Kier molecular flexibility index (Phi) is 4.71. The number of hydrogen-bond donors (Lipinski definition) is 0. The molecule has 0 fully saturated rings. The minimum atomic E-state index is -0.472. The Labute approximate surface area is 130 Å². The van der Waals surface area contributed by atoms with Gasteiger partial charge in [-0.2, -0.15) is 5.26 Å². The maximum Gasteiger partial charge on any atom is 0.255 e. The average Bonchev–Trinajstić information content (AvgIpc) is 2.49. The zero-order valence-electron chi connectivity index (χ0n) is 11.3. The van der Waals surface area contributed by atoms with Crippen LogP contribution >= 0.6 is 15.9 Å². The number of amides is 1. The Morgan fingerprint density at radius 3 is 2.76 bits per heavy atom. The van der Waals surface area contributed by atoms with E-state index in [2.05, 4.69) is 22.0 Å². The number of carbonyl (C=O) groups is 1. The predicted molar refractivity (Wildman–Crippen MR) is 81.1 cm³/mol. The van der Waals surface area contributed by atoms with Gasteiger partial charge < -0.3 is 4.90 Å². The van der Waals surface area contributed by atoms with Gasteiger partial charge in [-0.05, 0) is 45.8 Å². The lowest BCUT2D eigenvalue weighted by Crippen LogP contribution is -2.26. The SMILES string of the molecule is CN(Cc1cccc(C#N)c1)C(=O)c1cccc(F)c1Br. The minimum absolute atomic E-state index is 0.160. The van der Waals surface area contributed by atoms with Crippen LogP contribution in [0, 0.1) is 17.1 Å². The molecule has 0 saturated heterocycles. The number of halogens is 2. The molecule has 0 N–H and O–H groups in total. The fourth-order valence-corrected chi connectivity index (χ4v) is 2.39. The summed E-state index contributed by atoms with van der Waals surface area (Å²) in [5.74, 6) is -0.760. The topological polar surface area (TPSA) is 44.1 Å². The van der Waals surface area contributed by atoms with E-state index in [0.717, 1.165) is 5.56 Å². The van der Waals surface area contributed by atoms with Crippen molar-refractivity contribution in [3.8, 4) is 6.07 Å². The molecule has 0 aliphatic heterocycles. The highest BCUT2D eigenvalue weighted by atomic mass is 79.9. The second-order valence-electron chi connectivity index (χ2n) is 4.57. The Bertz CT molecular complexity index is 724. The van der Waals surface area contributed by atoms with E-state index in [1.807, 2.05) is 6.07 Å². The largest absolute Gasteiger partial charge is 0.337 e. The number of hydrogen-bond acceptors (Lipinski definition) is 2. The third-order valence-corrected chi connectivity index (χ3v) is 3.81. The molecule has 106 valence electrons. The minimum Gasteiger partial charge on any atom is -0.337 e. The quantitative estimate of drug-likeness (QED) is 0.849. The van der Waals surface area contributed by atoms with Crippen LogP contribution in [-0.4, -0.2) is 17.9 Å². The summed E-state index contributed by atoms with van der Waals surface area (Å²) >= 11 is 3.09. The molecule has 2 rings (SSSR count). The Morgan fingerprint density at radius 2 is 2.05 bits per heavy atom. The Hall–Kier alpha value is -2.19. The molecule has 0 atom stereocenters. The number of rotatable bonds is 3. The Morgan fingerprint density at radius 1 is 1.33 bits per heavy atom. The van der Waals surface area contributed by atoms with E-state index < -0.39 is 5.82 Å². The van der Waals surface area contributed by atoms with Crippen LogP contribution in [0.4, 0.5) is 4.39 Å². The molecule has 21 heavy (non-hydrogen) atoms. The van der Waals surface area contributed by atoms with Gasteiger partial charge in [-0.3, -0.25) is 4.79 Å². The molecule has 0 unspecified atom stereocenters. The summed E-state index contributed by atoms with van der Waals surface area (Å²) in [4.78, 5) is 13.8. The molecule has 0 bridgehead atoms. The van der Waals surface area contributed by atoms with Crippen LogP contribution in [0.15, 0.2) is 46.9 Å². The first-order chi connectivity index (χ1) is 10.0. The first kappa shape index (κ1) is 15.2. The van der Waals surface area contributed by atoms with Gasteiger partial charge >= 0.3 is 0 Å². The fraction of sp³-hybridized carbons (Fsp3) is 0.125. The van der Waals surface area contributed by atoms with Crippen LogP contribution in [0.3, 0.4) is 0 Å². The smallest absolute Gasteiger partial charge is 0.255 e. The molecule has 0 aromatic heterocycles. The molecule has 0 aliphatic rings. The molecule has 1 amide bonds. The van der Waals surface area contributed by atoms with Crippen molar-refractivity contribution < 1.29 is 9.18 Å². The first-order valence-electron chi connectivity index (χ1n) is 6.21. The van der Waals surface area contributed by atoms with E-state index in [9.17, 15) is 9.18 Å². The van der Waals surface area contributed by atoms with Gasteiger partial charge in [0.25, 0.3) is 5.91 Å². The molecule has 3 nitrogen and oxygen atoms in total. The monoisotopic (exact) mass is 346 g/mol. The van der Waals surface area contributed by atoms with Crippen LogP contribution in [-0.2, 0) is 6.54 Å². The van der Waals surface area contributed by atoms with Crippen molar-refractivity contribution in [1.29, 1.82) is 5.26 Å². The van der Waals surface area contributed by atoms with Gasteiger partial charge in [-0.1, -0.05) is 18.2 Å². The van der Waals surface area contributed by atoms with Crippen molar-refractivity contribution in [2.45, 2.75) is 6.54 Å². The molecule has 5 heteroatoms. The van der Waals surface area contributed by atoms with Gasteiger partial charge in [-0.25, -0.2) is 4.39 Å². The van der Waals surface area contributed by atoms with Crippen LogP contribution in [0.5, 0.6) is 0 Å². The highest BCUT2D eigenvalue weighted by Gasteiger charge is 2.17. The zero-order valence-corrected chi connectivity index (χ0v) is 12.9. The highest BCUT2D eigenvalue weighted by molar-refractivity contribution is 9.10. The van der Waals surface area contributed by atoms with Gasteiger partial charge in [0.1, 0.15) is 5.82 Å². The molecule has 0 radical (unpaired) electrons. The average molecular weight is 347 g/mol. The van der Waals surface area contributed by atoms with E-state index in [1.165, 1.54) is 17.0 Å². The highest BCUT2D eigenvalue weighted by Crippen LogP contribution is 2.22. The van der Waals surface area contributed by atoms with E-state index in [1.54, 1.807) is 31.3 Å². The lowest BCUT2D eigenvalue weighted by atomic mass is 10.1. The lowest BCUT2D eigenvalue weighted by molar-refractivity contribution is 0.0783. The summed E-state index contributed by atoms with van der Waals surface area (Å²) in [6, 6.07) is 13.4. The van der Waals surface area contributed by atoms with Crippen molar-refractivity contribution in [3.63, 3.8) is 0 Å². The molecule has 2 aromatic rings. The number of carbonyl (C=O) groups excluding carboxylic acids is 1. The third-order valence-electron chi connectivity index (χ3n) is 3.00. The molecule has 0 heterocycles. The van der Waals surface area contributed by atoms with E-state index >= 15 is 0 Å². The van der Waals surface area contributed by atoms with Gasteiger partial charge in [-0.15, -0.1) is 0 Å². The molecule has 2 aromatic carbocycles. The van der Waals surface area contributed by atoms with Crippen LogP contribution < -0.4 is 0 Å². The van der Waals surface area contributed by atoms with Crippen molar-refractivity contribution in [2.24, 2.45) is 0 Å². The van der Waals surface area contributed by atoms with Crippen LogP contribution in [0.2, 0.25) is 0 Å². The van der Waals surface area contributed by atoms with Gasteiger partial charge in [0.15, 0.2) is 0 Å². The van der Waals surface area contributed by atoms with Crippen LogP contribution in [0.1, 0.15) is 21.5 Å². The van der Waals surface area contributed by atoms with Gasteiger partial charge in [0, 0.05) is 13.6 Å². The summed E-state index contributed by atoms with van der Waals surface area (Å²) < 4.78 is 13.6.